The molecule has 0 atom stereocenters. The van der Waals surface area contributed by atoms with Crippen LogP contribution in [-0.2, 0) is 14.4 Å². The highest BCUT2D eigenvalue weighted by Crippen LogP contribution is 1.80. The highest BCUT2D eigenvalue weighted by atomic mass is 17.0. The lowest BCUT2D eigenvalue weighted by atomic mass is 10.7. The number of rotatable bonds is 8. The first-order chi connectivity index (χ1) is 7.54. The van der Waals surface area contributed by atoms with E-state index in [0.29, 0.717) is 0 Å². The fourth-order valence-corrected chi connectivity index (χ4v) is 0.444. The van der Waals surface area contributed by atoms with Gasteiger partial charge in [-0.25, -0.2) is 0 Å². The molecule has 0 saturated carbocycles. The molecule has 0 aromatic rings. The van der Waals surface area contributed by atoms with Crippen LogP contribution in [0.2, 0.25) is 0 Å². The normalized spacial score (nSPS) is 8.31. The van der Waals surface area contributed by atoms with Gasteiger partial charge in [-0.3, -0.25) is 0 Å². The quantitative estimate of drug-likeness (QED) is 0.263. The van der Waals surface area contributed by atoms with E-state index in [1.807, 2.05) is 6.92 Å². The van der Waals surface area contributed by atoms with E-state index in [4.69, 9.17) is 0 Å². The summed E-state index contributed by atoms with van der Waals surface area (Å²) in [5.41, 5.74) is 0. The number of hydrogen-bond donors (Lipinski definition) is 0. The lowest BCUT2D eigenvalue weighted by molar-refractivity contribution is -0.759. The van der Waals surface area contributed by atoms with Gasteiger partial charge in [-0.2, -0.15) is 0 Å². The van der Waals surface area contributed by atoms with Gasteiger partial charge in [0, 0.05) is 0 Å². The zero-order chi connectivity index (χ0) is 12.8. The molecule has 0 aliphatic heterocycles. The standard InChI is InChI=1S/C4H8N2O7.C3H6/c7-5(8)12-3-1-11-2-4-13-6(9)10;1-3-2/h1-4H2;3H,1H2,2H3. The smallest absolute Gasteiger partial charge is 0.294 e. The van der Waals surface area contributed by atoms with Crippen LogP contribution in [0.5, 0.6) is 0 Å². The number of allylic oxidation sites excluding steroid dienone is 1. The van der Waals surface area contributed by atoms with Gasteiger partial charge < -0.3 is 14.4 Å². The fourth-order valence-electron chi connectivity index (χ4n) is 0.444. The Morgan fingerprint density at radius 3 is 1.62 bits per heavy atom. The summed E-state index contributed by atoms with van der Waals surface area (Å²) in [6, 6.07) is 0. The fraction of sp³-hybridized carbons (Fsp3) is 0.714. The Hall–Kier alpha value is -1.90. The van der Waals surface area contributed by atoms with Crippen LogP contribution in [0.4, 0.5) is 0 Å². The lowest BCUT2D eigenvalue weighted by Gasteiger charge is -2.01. The van der Waals surface area contributed by atoms with Crippen molar-refractivity contribution in [3.05, 3.63) is 32.9 Å². The minimum atomic E-state index is -0.948. The highest BCUT2D eigenvalue weighted by Gasteiger charge is 1.96. The molecule has 0 aliphatic rings. The highest BCUT2D eigenvalue weighted by molar-refractivity contribution is 4.51. The maximum Gasteiger partial charge on any atom is 0.294 e. The van der Waals surface area contributed by atoms with Gasteiger partial charge in [0.2, 0.25) is 0 Å². The molecule has 0 rings (SSSR count). The minimum Gasteiger partial charge on any atom is -0.377 e. The zero-order valence-corrected chi connectivity index (χ0v) is 8.87. The average molecular weight is 238 g/mol. The first-order valence-electron chi connectivity index (χ1n) is 4.24. The molecule has 0 N–H and O–H groups in total. The van der Waals surface area contributed by atoms with E-state index in [1.54, 1.807) is 6.08 Å². The molecule has 0 aromatic heterocycles. The Morgan fingerprint density at radius 2 is 1.38 bits per heavy atom. The first kappa shape index (κ1) is 16.5. The van der Waals surface area contributed by atoms with E-state index in [2.05, 4.69) is 21.0 Å². The summed E-state index contributed by atoms with van der Waals surface area (Å²) in [6.07, 6.45) is 1.75. The molecule has 16 heavy (non-hydrogen) atoms. The molecule has 0 radical (unpaired) electrons. The molecule has 0 bridgehead atoms. The third-order valence-corrected chi connectivity index (χ3v) is 0.849. The van der Waals surface area contributed by atoms with Crippen LogP contribution in [0, 0.1) is 20.2 Å². The SMILES string of the molecule is C=CC.O=[N+]([O-])OCCOCCO[N+](=O)[O-]. The van der Waals surface area contributed by atoms with Crippen LogP contribution in [0.15, 0.2) is 12.7 Å². The second kappa shape index (κ2) is 13.1. The van der Waals surface area contributed by atoms with Crippen molar-refractivity contribution in [2.24, 2.45) is 0 Å². The van der Waals surface area contributed by atoms with Gasteiger partial charge in [-0.1, -0.05) is 6.08 Å². The Kier molecular flexibility index (Phi) is 13.5. The predicted molar refractivity (Wildman–Crippen MR) is 52.6 cm³/mol. The summed E-state index contributed by atoms with van der Waals surface area (Å²) in [4.78, 5) is 27.0. The van der Waals surface area contributed by atoms with Crippen molar-refractivity contribution in [2.45, 2.75) is 6.92 Å². The summed E-state index contributed by atoms with van der Waals surface area (Å²) >= 11 is 0. The van der Waals surface area contributed by atoms with E-state index < -0.39 is 10.2 Å². The van der Waals surface area contributed by atoms with E-state index in [1.165, 1.54) is 0 Å². The summed E-state index contributed by atoms with van der Waals surface area (Å²) < 4.78 is 4.68. The predicted octanol–water partition coefficient (Wildman–Crippen LogP) is 0.612. The monoisotopic (exact) mass is 238 g/mol. The molecule has 9 heteroatoms. The molecular weight excluding hydrogens is 224 g/mol. The van der Waals surface area contributed by atoms with Crippen LogP contribution >= 0.6 is 0 Å². The average Bonchev–Trinajstić information content (AvgIpc) is 2.16. The van der Waals surface area contributed by atoms with Gasteiger partial charge in [0.05, 0.1) is 13.2 Å². The molecule has 0 unspecified atom stereocenters. The van der Waals surface area contributed by atoms with Gasteiger partial charge in [0.1, 0.15) is 13.2 Å². The van der Waals surface area contributed by atoms with Crippen molar-refractivity contribution in [1.29, 1.82) is 0 Å². The van der Waals surface area contributed by atoms with E-state index in [0.717, 1.165) is 0 Å². The molecular formula is C7H14N2O7. The maximum absolute atomic E-state index is 9.59. The lowest BCUT2D eigenvalue weighted by Crippen LogP contribution is -2.13. The van der Waals surface area contributed by atoms with Gasteiger partial charge in [0.15, 0.2) is 0 Å². The van der Waals surface area contributed by atoms with Crippen molar-refractivity contribution in [3.63, 3.8) is 0 Å². The minimum absolute atomic E-state index is 0.0119. The van der Waals surface area contributed by atoms with Gasteiger partial charge in [0.25, 0.3) is 10.2 Å². The molecule has 0 fully saturated rings. The number of hydrogen-bond acceptors (Lipinski definition) is 7. The topological polar surface area (TPSA) is 114 Å². The summed E-state index contributed by atoms with van der Waals surface area (Å²) in [6.45, 7) is 4.82. The van der Waals surface area contributed by atoms with Crippen LogP contribution in [-0.4, -0.2) is 36.6 Å². The Labute approximate surface area is 91.8 Å². The van der Waals surface area contributed by atoms with E-state index in [-0.39, 0.29) is 26.4 Å². The largest absolute Gasteiger partial charge is 0.377 e. The van der Waals surface area contributed by atoms with Crippen molar-refractivity contribution < 1.29 is 24.6 Å². The van der Waals surface area contributed by atoms with Crippen molar-refractivity contribution >= 4 is 0 Å². The Morgan fingerprint density at radius 1 is 1.06 bits per heavy atom. The maximum atomic E-state index is 9.59. The van der Waals surface area contributed by atoms with E-state index in [9.17, 15) is 20.2 Å². The third kappa shape index (κ3) is 22.7. The molecule has 0 aliphatic carbocycles. The van der Waals surface area contributed by atoms with Crippen LogP contribution in [0.3, 0.4) is 0 Å². The van der Waals surface area contributed by atoms with Crippen LogP contribution in [0.1, 0.15) is 6.92 Å². The Balaban J connectivity index is 0. The number of ether oxygens (including phenoxy) is 1. The summed E-state index contributed by atoms with van der Waals surface area (Å²) in [5, 5.41) is 17.3. The molecule has 0 saturated heterocycles. The summed E-state index contributed by atoms with van der Waals surface area (Å²) in [5.74, 6) is 0. The van der Waals surface area contributed by atoms with Crippen molar-refractivity contribution in [1.82, 2.24) is 0 Å². The second-order valence-corrected chi connectivity index (χ2v) is 2.13. The second-order valence-electron chi connectivity index (χ2n) is 2.13. The van der Waals surface area contributed by atoms with Crippen LogP contribution < -0.4 is 0 Å². The van der Waals surface area contributed by atoms with Gasteiger partial charge in [-0.05, 0) is 6.92 Å². The Bertz CT molecular complexity index is 191. The third-order valence-electron chi connectivity index (χ3n) is 0.849. The van der Waals surface area contributed by atoms with Crippen molar-refractivity contribution in [3.8, 4) is 0 Å². The molecule has 94 valence electrons. The van der Waals surface area contributed by atoms with Crippen LogP contribution in [0.25, 0.3) is 0 Å². The van der Waals surface area contributed by atoms with E-state index >= 15 is 0 Å². The number of nitrogens with zero attached hydrogens (tertiary/aromatic N) is 2. The molecule has 0 amide bonds. The molecule has 0 aromatic carbocycles. The zero-order valence-electron chi connectivity index (χ0n) is 8.87. The molecule has 0 spiro atoms. The molecule has 9 nitrogen and oxygen atoms in total. The van der Waals surface area contributed by atoms with Crippen molar-refractivity contribution in [2.75, 3.05) is 26.4 Å². The first-order valence-corrected chi connectivity index (χ1v) is 4.24. The summed E-state index contributed by atoms with van der Waals surface area (Å²) in [7, 11) is 0. The van der Waals surface area contributed by atoms with Gasteiger partial charge >= 0.3 is 0 Å². The molecule has 0 heterocycles. The van der Waals surface area contributed by atoms with Gasteiger partial charge in [-0.15, -0.1) is 26.8 Å².